The van der Waals surface area contributed by atoms with Gasteiger partial charge in [0.25, 0.3) is 11.8 Å². The van der Waals surface area contributed by atoms with E-state index in [9.17, 15) is 14.4 Å². The van der Waals surface area contributed by atoms with Crippen LogP contribution in [0.25, 0.3) is 28.4 Å². The molecular weight excluding hydrogens is 550 g/mol. The van der Waals surface area contributed by atoms with Crippen molar-refractivity contribution in [1.82, 2.24) is 29.8 Å². The molecule has 43 heavy (non-hydrogen) atoms. The molecule has 3 aromatic heterocycles. The van der Waals surface area contributed by atoms with Gasteiger partial charge in [-0.25, -0.2) is 9.78 Å². The molecule has 0 aliphatic heterocycles. The van der Waals surface area contributed by atoms with Gasteiger partial charge in [-0.2, -0.15) is 4.98 Å². The number of ether oxygens (including phenoxy) is 1. The summed E-state index contributed by atoms with van der Waals surface area (Å²) in [6.07, 6.45) is 13.1. The summed E-state index contributed by atoms with van der Waals surface area (Å²) in [5, 5.41) is 15.4. The lowest BCUT2D eigenvalue weighted by Crippen LogP contribution is -2.52. The van der Waals surface area contributed by atoms with Crippen LogP contribution in [0.4, 0.5) is 5.82 Å². The summed E-state index contributed by atoms with van der Waals surface area (Å²) in [6.45, 7) is 3.17. The van der Waals surface area contributed by atoms with E-state index in [1.165, 1.54) is 37.8 Å². The molecule has 0 spiro atoms. The third-order valence-electron chi connectivity index (χ3n) is 7.65. The molecule has 1 saturated carbocycles. The van der Waals surface area contributed by atoms with Gasteiger partial charge in [0.1, 0.15) is 16.9 Å². The molecular formula is C31H33N7O5. The molecule has 2 amide bonds. The van der Waals surface area contributed by atoms with Crippen LogP contribution >= 0.6 is 0 Å². The average Bonchev–Trinajstić information content (AvgIpc) is 3.62. The zero-order valence-corrected chi connectivity index (χ0v) is 24.4. The van der Waals surface area contributed by atoms with E-state index < -0.39 is 23.3 Å². The number of rotatable bonds is 9. The summed E-state index contributed by atoms with van der Waals surface area (Å²) in [6, 6.07) is 5.61. The predicted octanol–water partition coefficient (Wildman–Crippen LogP) is 4.34. The smallest absolute Gasteiger partial charge is 0.328 e. The Labute approximate surface area is 248 Å². The Bertz CT molecular complexity index is 1720. The van der Waals surface area contributed by atoms with Gasteiger partial charge in [-0.3, -0.25) is 19.6 Å². The number of anilines is 1. The first kappa shape index (κ1) is 29.4. The summed E-state index contributed by atoms with van der Waals surface area (Å²) >= 11 is 0. The summed E-state index contributed by atoms with van der Waals surface area (Å²) in [5.74, 6) is -1.56. The number of carboxylic acid groups (broad SMARTS) is 1. The van der Waals surface area contributed by atoms with Gasteiger partial charge in [0.2, 0.25) is 5.88 Å². The highest BCUT2D eigenvalue weighted by atomic mass is 16.5. The molecule has 12 nitrogen and oxygen atoms in total. The maximum atomic E-state index is 13.4. The Balaban J connectivity index is 1.39. The Morgan fingerprint density at radius 1 is 1.12 bits per heavy atom. The highest BCUT2D eigenvalue weighted by Gasteiger charge is 2.32. The van der Waals surface area contributed by atoms with E-state index in [0.29, 0.717) is 11.5 Å². The number of aliphatic carboxylic acids is 1. The number of aromatic nitrogens is 5. The fourth-order valence-corrected chi connectivity index (χ4v) is 5.51. The van der Waals surface area contributed by atoms with Crippen LogP contribution in [0, 0.1) is 0 Å². The van der Waals surface area contributed by atoms with Crippen molar-refractivity contribution >= 4 is 40.6 Å². The number of nitrogens with one attached hydrogen (secondary N) is 2. The highest BCUT2D eigenvalue weighted by molar-refractivity contribution is 6.05. The molecule has 5 rings (SSSR count). The molecule has 0 radical (unpaired) electrons. The zero-order chi connectivity index (χ0) is 30.7. The lowest BCUT2D eigenvalue weighted by molar-refractivity contribution is -0.131. The number of methoxy groups -OCH3 is 1. The summed E-state index contributed by atoms with van der Waals surface area (Å²) in [7, 11) is 3.33. The molecule has 0 unspecified atom stereocenters. The molecule has 4 aromatic rings. The van der Waals surface area contributed by atoms with Crippen LogP contribution < -0.4 is 15.4 Å². The molecule has 3 heterocycles. The van der Waals surface area contributed by atoms with E-state index in [1.54, 1.807) is 38.5 Å². The van der Waals surface area contributed by atoms with Crippen LogP contribution in [-0.4, -0.2) is 60.0 Å². The first-order valence-corrected chi connectivity index (χ1v) is 13.9. The Morgan fingerprint density at radius 2 is 1.88 bits per heavy atom. The Hall–Kier alpha value is -5.13. The lowest BCUT2D eigenvalue weighted by atomic mass is 9.93. The Morgan fingerprint density at radius 3 is 2.56 bits per heavy atom. The zero-order valence-electron chi connectivity index (χ0n) is 24.4. The number of carbonyl (C=O) groups excluding carboxylic acids is 2. The van der Waals surface area contributed by atoms with Gasteiger partial charge in [-0.15, -0.1) is 0 Å². The van der Waals surface area contributed by atoms with E-state index in [1.807, 2.05) is 19.2 Å². The number of hydrogen-bond acceptors (Lipinski definition) is 8. The third kappa shape index (κ3) is 6.08. The van der Waals surface area contributed by atoms with Crippen molar-refractivity contribution in [2.75, 3.05) is 12.4 Å². The van der Waals surface area contributed by atoms with Gasteiger partial charge in [0.15, 0.2) is 5.82 Å². The van der Waals surface area contributed by atoms with E-state index in [4.69, 9.17) is 9.84 Å². The number of carbonyl (C=O) groups is 3. The minimum Gasteiger partial charge on any atom is -0.479 e. The quantitative estimate of drug-likeness (QED) is 0.243. The van der Waals surface area contributed by atoms with E-state index in [0.717, 1.165) is 41.2 Å². The van der Waals surface area contributed by atoms with Crippen molar-refractivity contribution in [3.8, 4) is 17.3 Å². The second-order valence-corrected chi connectivity index (χ2v) is 11.0. The second-order valence-electron chi connectivity index (χ2n) is 11.0. The number of fused-ring (bicyclic) bond motifs is 1. The predicted molar refractivity (Wildman–Crippen MR) is 161 cm³/mol. The van der Waals surface area contributed by atoms with Crippen LogP contribution in [0.5, 0.6) is 5.88 Å². The first-order valence-electron chi connectivity index (χ1n) is 13.9. The second kappa shape index (κ2) is 12.0. The topological polar surface area (TPSA) is 161 Å². The number of hydrogen-bond donors (Lipinski definition) is 3. The van der Waals surface area contributed by atoms with Crippen LogP contribution in [0.1, 0.15) is 67.1 Å². The standard InChI is InChI=1S/C31H33N7O5/c1-31(2,30(42)36-24-17-34-21(11-12-25(39)40)29(35-24)43-4)37-28(41)19-9-10-20-23(15-19)38(3)27(22-16-32-13-14-33-22)26(20)18-7-5-6-8-18/h9-18H,5-8H2,1-4H3,(H,37,41)(H,39,40)(H,35,36,42)/b12-11+. The molecule has 12 heteroatoms. The largest absolute Gasteiger partial charge is 0.479 e. The molecule has 1 fully saturated rings. The summed E-state index contributed by atoms with van der Waals surface area (Å²) in [5.41, 5.74) is 3.21. The maximum Gasteiger partial charge on any atom is 0.328 e. The van der Waals surface area contributed by atoms with Crippen molar-refractivity contribution in [3.63, 3.8) is 0 Å². The normalized spacial score (nSPS) is 13.9. The van der Waals surface area contributed by atoms with E-state index in [2.05, 4.69) is 35.1 Å². The summed E-state index contributed by atoms with van der Waals surface area (Å²) in [4.78, 5) is 54.6. The molecule has 1 aliphatic rings. The number of aryl methyl sites for hydroxylation is 1. The van der Waals surface area contributed by atoms with E-state index >= 15 is 0 Å². The minimum absolute atomic E-state index is 0.0332. The molecule has 222 valence electrons. The molecule has 1 aliphatic carbocycles. The van der Waals surface area contributed by atoms with Crippen molar-refractivity contribution in [2.24, 2.45) is 7.05 Å². The van der Waals surface area contributed by atoms with Gasteiger partial charge in [-0.1, -0.05) is 18.9 Å². The fraction of sp³-hybridized carbons (Fsp3) is 0.323. The lowest BCUT2D eigenvalue weighted by Gasteiger charge is -2.25. The monoisotopic (exact) mass is 583 g/mol. The maximum absolute atomic E-state index is 13.4. The number of carboxylic acids is 1. The number of nitrogens with zero attached hydrogens (tertiary/aromatic N) is 5. The summed E-state index contributed by atoms with van der Waals surface area (Å²) < 4.78 is 7.25. The van der Waals surface area contributed by atoms with Gasteiger partial charge in [0.05, 0.1) is 25.2 Å². The third-order valence-corrected chi connectivity index (χ3v) is 7.65. The van der Waals surface area contributed by atoms with Crippen molar-refractivity contribution in [3.05, 3.63) is 65.9 Å². The highest BCUT2D eigenvalue weighted by Crippen LogP contribution is 2.44. The van der Waals surface area contributed by atoms with E-state index in [-0.39, 0.29) is 17.4 Å². The molecule has 0 bridgehead atoms. The SMILES string of the molecule is COc1nc(NC(=O)C(C)(C)NC(=O)c2ccc3c(C4CCCC4)c(-c4cnccn4)n(C)c3c2)cnc1/C=C/C(=O)O. The molecule has 1 aromatic carbocycles. The van der Waals surface area contributed by atoms with Gasteiger partial charge in [-0.05, 0) is 56.4 Å². The van der Waals surface area contributed by atoms with Crippen LogP contribution in [0.15, 0.2) is 49.1 Å². The van der Waals surface area contributed by atoms with Crippen LogP contribution in [0.3, 0.4) is 0 Å². The van der Waals surface area contributed by atoms with Crippen molar-refractivity contribution in [1.29, 1.82) is 0 Å². The average molecular weight is 584 g/mol. The fourth-order valence-electron chi connectivity index (χ4n) is 5.51. The van der Waals surface area contributed by atoms with Crippen molar-refractivity contribution < 1.29 is 24.2 Å². The Kier molecular flexibility index (Phi) is 8.20. The molecule has 0 saturated heterocycles. The number of benzene rings is 1. The molecule has 0 atom stereocenters. The minimum atomic E-state index is -1.32. The van der Waals surface area contributed by atoms with Crippen molar-refractivity contribution in [2.45, 2.75) is 51.0 Å². The first-order chi connectivity index (χ1) is 20.6. The van der Waals surface area contributed by atoms with Crippen LogP contribution in [-0.2, 0) is 16.6 Å². The van der Waals surface area contributed by atoms with Crippen LogP contribution in [0.2, 0.25) is 0 Å². The van der Waals surface area contributed by atoms with Gasteiger partial charge >= 0.3 is 5.97 Å². The van der Waals surface area contributed by atoms with Gasteiger partial charge < -0.3 is 25.0 Å². The van der Waals surface area contributed by atoms with Gasteiger partial charge in [0, 0.05) is 42.0 Å². The molecule has 3 N–H and O–H groups in total. The number of amides is 2.